The van der Waals surface area contributed by atoms with E-state index in [1.165, 1.54) is 18.2 Å². The maximum Gasteiger partial charge on any atom is 0.339 e. The lowest BCUT2D eigenvalue weighted by Crippen LogP contribution is -2.01. The standard InChI is InChI=1S/C11H11N3O3/c1-6-4-10(14-13-6)17-9-5-7(12)2-3-8(9)11(15)16/h2-5H,12H2,1H3,(H,13,14)(H,15,16). The number of carbonyl (C=O) groups is 1. The number of aromatic nitrogens is 2. The molecule has 6 heteroatoms. The summed E-state index contributed by atoms with van der Waals surface area (Å²) in [4.78, 5) is 11.0. The van der Waals surface area contributed by atoms with Gasteiger partial charge in [-0.1, -0.05) is 0 Å². The molecule has 88 valence electrons. The number of aryl methyl sites for hydroxylation is 1. The molecule has 0 aliphatic heterocycles. The van der Waals surface area contributed by atoms with Crippen LogP contribution in [0.15, 0.2) is 24.3 Å². The highest BCUT2D eigenvalue weighted by atomic mass is 16.5. The fraction of sp³-hybridized carbons (Fsp3) is 0.0909. The van der Waals surface area contributed by atoms with Crippen LogP contribution < -0.4 is 10.5 Å². The Morgan fingerprint density at radius 3 is 2.82 bits per heavy atom. The average molecular weight is 233 g/mol. The summed E-state index contributed by atoms with van der Waals surface area (Å²) in [5, 5.41) is 15.5. The molecule has 17 heavy (non-hydrogen) atoms. The molecule has 0 bridgehead atoms. The van der Waals surface area contributed by atoms with Crippen molar-refractivity contribution in [2.75, 3.05) is 5.73 Å². The number of nitrogens with one attached hydrogen (secondary N) is 1. The SMILES string of the molecule is Cc1cc(Oc2cc(N)ccc2C(=O)O)n[nH]1. The van der Waals surface area contributed by atoms with Crippen LogP contribution in [0.2, 0.25) is 0 Å². The first kappa shape index (κ1) is 11.0. The third-order valence-electron chi connectivity index (χ3n) is 2.13. The van der Waals surface area contributed by atoms with Gasteiger partial charge in [-0.25, -0.2) is 4.79 Å². The number of nitrogens with zero attached hydrogens (tertiary/aromatic N) is 1. The number of aromatic amines is 1. The molecule has 0 aliphatic carbocycles. The molecule has 0 amide bonds. The van der Waals surface area contributed by atoms with Crippen molar-refractivity contribution in [1.29, 1.82) is 0 Å². The molecular weight excluding hydrogens is 222 g/mol. The molecule has 0 saturated heterocycles. The molecule has 1 aromatic carbocycles. The van der Waals surface area contributed by atoms with E-state index in [-0.39, 0.29) is 11.3 Å². The van der Waals surface area contributed by atoms with E-state index < -0.39 is 5.97 Å². The lowest BCUT2D eigenvalue weighted by Gasteiger charge is -2.06. The summed E-state index contributed by atoms with van der Waals surface area (Å²) < 4.78 is 5.37. The Balaban J connectivity index is 2.37. The zero-order chi connectivity index (χ0) is 12.4. The summed E-state index contributed by atoms with van der Waals surface area (Å²) in [6.07, 6.45) is 0. The van der Waals surface area contributed by atoms with Crippen LogP contribution in [-0.2, 0) is 0 Å². The summed E-state index contributed by atoms with van der Waals surface area (Å²) in [6.45, 7) is 1.82. The molecule has 1 aromatic heterocycles. The van der Waals surface area contributed by atoms with Gasteiger partial charge < -0.3 is 15.6 Å². The topological polar surface area (TPSA) is 101 Å². The molecule has 2 aromatic rings. The molecule has 0 fully saturated rings. The molecule has 0 spiro atoms. The minimum Gasteiger partial charge on any atom is -0.478 e. The average Bonchev–Trinajstić information content (AvgIpc) is 2.63. The zero-order valence-electron chi connectivity index (χ0n) is 9.10. The van der Waals surface area contributed by atoms with Gasteiger partial charge in [-0.15, -0.1) is 5.10 Å². The fourth-order valence-corrected chi connectivity index (χ4v) is 1.36. The van der Waals surface area contributed by atoms with Gasteiger partial charge in [0, 0.05) is 23.5 Å². The third-order valence-corrected chi connectivity index (χ3v) is 2.13. The van der Waals surface area contributed by atoms with Crippen LogP contribution in [0.3, 0.4) is 0 Å². The zero-order valence-corrected chi connectivity index (χ0v) is 9.10. The van der Waals surface area contributed by atoms with Crippen molar-refractivity contribution in [3.05, 3.63) is 35.5 Å². The summed E-state index contributed by atoms with van der Waals surface area (Å²) >= 11 is 0. The van der Waals surface area contributed by atoms with Crippen LogP contribution in [0.25, 0.3) is 0 Å². The molecule has 0 aliphatic rings. The van der Waals surface area contributed by atoms with Gasteiger partial charge in [0.15, 0.2) is 0 Å². The van der Waals surface area contributed by atoms with Gasteiger partial charge >= 0.3 is 5.97 Å². The lowest BCUT2D eigenvalue weighted by molar-refractivity contribution is 0.0694. The molecule has 6 nitrogen and oxygen atoms in total. The van der Waals surface area contributed by atoms with Gasteiger partial charge in [-0.2, -0.15) is 0 Å². The van der Waals surface area contributed by atoms with E-state index in [4.69, 9.17) is 15.6 Å². The molecule has 0 saturated carbocycles. The van der Waals surface area contributed by atoms with E-state index in [0.717, 1.165) is 5.69 Å². The first-order valence-corrected chi connectivity index (χ1v) is 4.89. The monoisotopic (exact) mass is 233 g/mol. The molecule has 0 radical (unpaired) electrons. The van der Waals surface area contributed by atoms with Gasteiger partial charge in [0.05, 0.1) is 0 Å². The molecule has 4 N–H and O–H groups in total. The number of ether oxygens (including phenoxy) is 1. The molecule has 1 heterocycles. The van der Waals surface area contributed by atoms with Gasteiger partial charge in [0.1, 0.15) is 11.3 Å². The Labute approximate surface area is 97.0 Å². The quantitative estimate of drug-likeness (QED) is 0.701. The summed E-state index contributed by atoms with van der Waals surface area (Å²) in [7, 11) is 0. The predicted molar refractivity (Wildman–Crippen MR) is 61.2 cm³/mol. The predicted octanol–water partition coefficient (Wildman–Crippen LogP) is 1.79. The number of H-pyrrole nitrogens is 1. The highest BCUT2D eigenvalue weighted by molar-refractivity contribution is 5.91. The highest BCUT2D eigenvalue weighted by Crippen LogP contribution is 2.26. The van der Waals surface area contributed by atoms with E-state index in [0.29, 0.717) is 11.6 Å². The fourth-order valence-electron chi connectivity index (χ4n) is 1.36. The van der Waals surface area contributed by atoms with Crippen molar-refractivity contribution in [1.82, 2.24) is 10.2 Å². The number of anilines is 1. The number of benzene rings is 1. The van der Waals surface area contributed by atoms with Gasteiger partial charge in [-0.3, -0.25) is 5.10 Å². The lowest BCUT2D eigenvalue weighted by atomic mass is 10.2. The Bertz CT molecular complexity index is 563. The largest absolute Gasteiger partial charge is 0.478 e. The minimum absolute atomic E-state index is 0.0415. The third kappa shape index (κ3) is 2.36. The van der Waals surface area contributed by atoms with Crippen LogP contribution >= 0.6 is 0 Å². The van der Waals surface area contributed by atoms with Crippen molar-refractivity contribution in [2.24, 2.45) is 0 Å². The van der Waals surface area contributed by atoms with Gasteiger partial charge in [0.2, 0.25) is 5.88 Å². The van der Waals surface area contributed by atoms with E-state index in [1.54, 1.807) is 6.07 Å². The van der Waals surface area contributed by atoms with Crippen LogP contribution in [0.4, 0.5) is 5.69 Å². The smallest absolute Gasteiger partial charge is 0.339 e. The summed E-state index contributed by atoms with van der Waals surface area (Å²) in [5.74, 6) is -0.605. The Morgan fingerprint density at radius 2 is 2.24 bits per heavy atom. The first-order chi connectivity index (χ1) is 8.06. The van der Waals surface area contributed by atoms with E-state index in [1.807, 2.05) is 6.92 Å². The number of aromatic carboxylic acids is 1. The summed E-state index contributed by atoms with van der Waals surface area (Å²) in [6, 6.07) is 6.01. The van der Waals surface area contributed by atoms with Crippen molar-refractivity contribution < 1.29 is 14.6 Å². The van der Waals surface area contributed by atoms with Crippen molar-refractivity contribution in [3.8, 4) is 11.6 Å². The van der Waals surface area contributed by atoms with Crippen molar-refractivity contribution in [2.45, 2.75) is 6.92 Å². The first-order valence-electron chi connectivity index (χ1n) is 4.89. The Hall–Kier alpha value is -2.50. The Kier molecular flexibility index (Phi) is 2.70. The Morgan fingerprint density at radius 1 is 1.47 bits per heavy atom. The van der Waals surface area contributed by atoms with Crippen molar-refractivity contribution in [3.63, 3.8) is 0 Å². The molecule has 0 atom stereocenters. The second-order valence-electron chi connectivity index (χ2n) is 3.55. The molecular formula is C11H11N3O3. The van der Waals surface area contributed by atoms with Crippen LogP contribution in [-0.4, -0.2) is 21.3 Å². The number of carboxylic acid groups (broad SMARTS) is 1. The van der Waals surface area contributed by atoms with Gasteiger partial charge in [-0.05, 0) is 19.1 Å². The maximum atomic E-state index is 11.0. The van der Waals surface area contributed by atoms with Crippen LogP contribution in [0, 0.1) is 6.92 Å². The number of carboxylic acids is 1. The number of nitrogen functional groups attached to an aromatic ring is 1. The minimum atomic E-state index is -1.08. The second kappa shape index (κ2) is 4.17. The maximum absolute atomic E-state index is 11.0. The van der Waals surface area contributed by atoms with E-state index in [9.17, 15) is 4.79 Å². The van der Waals surface area contributed by atoms with Gasteiger partial charge in [0.25, 0.3) is 0 Å². The molecule has 2 rings (SSSR count). The van der Waals surface area contributed by atoms with E-state index >= 15 is 0 Å². The summed E-state index contributed by atoms with van der Waals surface area (Å²) in [5.41, 5.74) is 6.88. The normalized spacial score (nSPS) is 10.2. The van der Waals surface area contributed by atoms with Crippen LogP contribution in [0.1, 0.15) is 16.1 Å². The van der Waals surface area contributed by atoms with Crippen LogP contribution in [0.5, 0.6) is 11.6 Å². The molecule has 0 unspecified atom stereocenters. The van der Waals surface area contributed by atoms with Crippen molar-refractivity contribution >= 4 is 11.7 Å². The number of rotatable bonds is 3. The number of nitrogens with two attached hydrogens (primary N) is 1. The second-order valence-corrected chi connectivity index (χ2v) is 3.55. The van der Waals surface area contributed by atoms with E-state index in [2.05, 4.69) is 10.2 Å². The number of hydrogen-bond acceptors (Lipinski definition) is 4. The highest BCUT2D eigenvalue weighted by Gasteiger charge is 2.13. The number of hydrogen-bond donors (Lipinski definition) is 3.